The Morgan fingerprint density at radius 1 is 1.24 bits per heavy atom. The highest BCUT2D eigenvalue weighted by Crippen LogP contribution is 2.40. The van der Waals surface area contributed by atoms with Crippen LogP contribution in [0.3, 0.4) is 0 Å². The Morgan fingerprint density at radius 2 is 2.00 bits per heavy atom. The predicted molar refractivity (Wildman–Crippen MR) is 139 cm³/mol. The predicted octanol–water partition coefficient (Wildman–Crippen LogP) is 4.98. The number of aromatic nitrogens is 1. The van der Waals surface area contributed by atoms with Crippen LogP contribution in [0.25, 0.3) is 17.3 Å². The highest BCUT2D eigenvalue weighted by Gasteiger charge is 2.30. The van der Waals surface area contributed by atoms with Crippen molar-refractivity contribution in [3.05, 3.63) is 93.5 Å². The van der Waals surface area contributed by atoms with Crippen LogP contribution >= 0.6 is 0 Å². The summed E-state index contributed by atoms with van der Waals surface area (Å²) in [4.78, 5) is 14.0. The van der Waals surface area contributed by atoms with E-state index in [0.717, 1.165) is 22.4 Å². The molecular formula is C28H30N4O2. The van der Waals surface area contributed by atoms with Gasteiger partial charge >= 0.3 is 0 Å². The van der Waals surface area contributed by atoms with E-state index in [0.29, 0.717) is 29.6 Å². The minimum absolute atomic E-state index is 0.118. The summed E-state index contributed by atoms with van der Waals surface area (Å²) in [6, 6.07) is 10.2. The third-order valence-electron chi connectivity index (χ3n) is 6.48. The van der Waals surface area contributed by atoms with Crippen molar-refractivity contribution >= 4 is 23.2 Å². The summed E-state index contributed by atoms with van der Waals surface area (Å²) in [6.45, 7) is 4.46. The van der Waals surface area contributed by atoms with Crippen molar-refractivity contribution in [1.82, 2.24) is 9.88 Å². The largest absolute Gasteiger partial charge is 0.393 e. The molecule has 0 amide bonds. The van der Waals surface area contributed by atoms with Gasteiger partial charge in [0.2, 0.25) is 0 Å². The third-order valence-corrected chi connectivity index (χ3v) is 6.48. The minimum atomic E-state index is -0.701. The molecule has 1 atom stereocenters. The average molecular weight is 455 g/mol. The van der Waals surface area contributed by atoms with Crippen molar-refractivity contribution in [3.63, 3.8) is 0 Å². The number of benzene rings is 1. The quantitative estimate of drug-likeness (QED) is 0.575. The van der Waals surface area contributed by atoms with Gasteiger partial charge in [-0.2, -0.15) is 0 Å². The fraction of sp³-hybridized carbons (Fsp3) is 0.286. The molecule has 2 heterocycles. The molecule has 6 nitrogen and oxygen atoms in total. The van der Waals surface area contributed by atoms with Gasteiger partial charge in [0.1, 0.15) is 5.82 Å². The lowest BCUT2D eigenvalue weighted by Crippen LogP contribution is -2.40. The second-order valence-electron chi connectivity index (χ2n) is 9.10. The lowest BCUT2D eigenvalue weighted by molar-refractivity contribution is 0.0352. The molecule has 0 saturated heterocycles. The number of ether oxygens (including phenoxy) is 1. The number of hydrogen-bond donors (Lipinski definition) is 3. The second-order valence-corrected chi connectivity index (χ2v) is 9.10. The van der Waals surface area contributed by atoms with Crippen molar-refractivity contribution in [2.45, 2.75) is 38.3 Å². The van der Waals surface area contributed by atoms with Crippen LogP contribution in [0, 0.1) is 5.41 Å². The Kier molecular flexibility index (Phi) is 5.62. The molecule has 1 aromatic heterocycles. The normalized spacial score (nSPS) is 22.4. The SMILES string of the molecule is CCO[C@@]1(C)C=Cc2cc(C3=C/C(=C/NC)C(=N)C=C3)c(=O)n(-c3ccc(C4CC4)cc3)c2N1. The van der Waals surface area contributed by atoms with Crippen LogP contribution in [0.4, 0.5) is 5.82 Å². The van der Waals surface area contributed by atoms with Crippen molar-refractivity contribution < 1.29 is 4.74 Å². The van der Waals surface area contributed by atoms with Gasteiger partial charge in [-0.3, -0.25) is 9.36 Å². The molecule has 1 aromatic carbocycles. The molecule has 0 unspecified atom stereocenters. The Hall–Kier alpha value is -3.64. The van der Waals surface area contributed by atoms with Gasteiger partial charge in [0, 0.05) is 36.6 Å². The van der Waals surface area contributed by atoms with Crippen LogP contribution in [-0.2, 0) is 4.74 Å². The van der Waals surface area contributed by atoms with E-state index in [4.69, 9.17) is 10.1 Å². The number of anilines is 1. The van der Waals surface area contributed by atoms with Crippen LogP contribution in [0.2, 0.25) is 0 Å². The van der Waals surface area contributed by atoms with Gasteiger partial charge in [0.25, 0.3) is 5.56 Å². The van der Waals surface area contributed by atoms with Crippen LogP contribution in [0.15, 0.2) is 71.2 Å². The highest BCUT2D eigenvalue weighted by atomic mass is 16.5. The fourth-order valence-electron chi connectivity index (χ4n) is 4.57. The van der Waals surface area contributed by atoms with Crippen LogP contribution in [-0.4, -0.2) is 29.7 Å². The van der Waals surface area contributed by atoms with Gasteiger partial charge in [-0.15, -0.1) is 0 Å². The van der Waals surface area contributed by atoms with Crippen molar-refractivity contribution in [1.29, 1.82) is 5.41 Å². The van der Waals surface area contributed by atoms with E-state index in [2.05, 4.69) is 22.8 Å². The number of allylic oxidation sites excluding steroid dienone is 5. The van der Waals surface area contributed by atoms with Gasteiger partial charge in [0.05, 0.1) is 11.4 Å². The van der Waals surface area contributed by atoms with E-state index in [1.54, 1.807) is 23.9 Å². The number of hydrogen-bond acceptors (Lipinski definition) is 5. The van der Waals surface area contributed by atoms with Crippen LogP contribution in [0.5, 0.6) is 0 Å². The topological polar surface area (TPSA) is 79.1 Å². The molecule has 2 aliphatic carbocycles. The Morgan fingerprint density at radius 3 is 2.68 bits per heavy atom. The fourth-order valence-corrected chi connectivity index (χ4v) is 4.57. The molecule has 2 aromatic rings. The number of nitrogens with one attached hydrogen (secondary N) is 3. The molecule has 6 heteroatoms. The van der Waals surface area contributed by atoms with Gasteiger partial charge in [-0.1, -0.05) is 24.3 Å². The van der Waals surface area contributed by atoms with Crippen molar-refractivity contribution in [3.8, 4) is 5.69 Å². The van der Waals surface area contributed by atoms with Gasteiger partial charge in [-0.25, -0.2) is 0 Å². The van der Waals surface area contributed by atoms with E-state index >= 15 is 0 Å². The first-order valence-electron chi connectivity index (χ1n) is 11.8. The Bertz CT molecular complexity index is 1320. The molecule has 34 heavy (non-hydrogen) atoms. The first kappa shape index (κ1) is 22.2. The first-order chi connectivity index (χ1) is 16.4. The Balaban J connectivity index is 1.69. The summed E-state index contributed by atoms with van der Waals surface area (Å²) in [7, 11) is 1.80. The molecule has 1 fully saturated rings. The van der Waals surface area contributed by atoms with Gasteiger partial charge in [0.15, 0.2) is 5.72 Å². The zero-order chi connectivity index (χ0) is 23.9. The monoisotopic (exact) mass is 454 g/mol. The zero-order valence-electron chi connectivity index (χ0n) is 19.8. The summed E-state index contributed by atoms with van der Waals surface area (Å²) in [6.07, 6.45) is 13.7. The zero-order valence-corrected chi connectivity index (χ0v) is 19.8. The summed E-state index contributed by atoms with van der Waals surface area (Å²) < 4.78 is 7.69. The third kappa shape index (κ3) is 4.05. The molecule has 1 saturated carbocycles. The molecule has 174 valence electrons. The van der Waals surface area contributed by atoms with Crippen molar-refractivity contribution in [2.24, 2.45) is 0 Å². The molecule has 0 spiro atoms. The minimum Gasteiger partial charge on any atom is -0.393 e. The second kappa shape index (κ2) is 8.61. The highest BCUT2D eigenvalue weighted by molar-refractivity contribution is 6.13. The maximum atomic E-state index is 14.0. The van der Waals surface area contributed by atoms with Crippen LogP contribution < -0.4 is 16.2 Å². The smallest absolute Gasteiger partial charge is 0.264 e. The van der Waals surface area contributed by atoms with E-state index in [9.17, 15) is 4.79 Å². The van der Waals surface area contributed by atoms with Gasteiger partial charge in [-0.05, 0) is 80.2 Å². The maximum Gasteiger partial charge on any atom is 0.264 e. The number of rotatable bonds is 6. The molecule has 0 radical (unpaired) electrons. The van der Waals surface area contributed by atoms with E-state index in [1.165, 1.54) is 18.4 Å². The van der Waals surface area contributed by atoms with Gasteiger partial charge < -0.3 is 20.8 Å². The molecular weight excluding hydrogens is 424 g/mol. The number of fused-ring (bicyclic) bond motifs is 1. The first-order valence-corrected chi connectivity index (χ1v) is 11.8. The maximum absolute atomic E-state index is 14.0. The molecule has 5 rings (SSSR count). The summed E-state index contributed by atoms with van der Waals surface area (Å²) in [5, 5.41) is 14.6. The number of nitrogens with zero attached hydrogens (tertiary/aromatic N) is 1. The van der Waals surface area contributed by atoms with Crippen LogP contribution in [0.1, 0.15) is 49.3 Å². The molecule has 3 aliphatic rings. The molecule has 1 aliphatic heterocycles. The van der Waals surface area contributed by atoms with E-state index in [-0.39, 0.29) is 5.56 Å². The summed E-state index contributed by atoms with van der Waals surface area (Å²) in [5.74, 6) is 1.36. The Labute approximate surface area is 199 Å². The lowest BCUT2D eigenvalue weighted by atomic mass is 9.94. The summed E-state index contributed by atoms with van der Waals surface area (Å²) in [5.41, 5.74) is 4.73. The van der Waals surface area contributed by atoms with Crippen molar-refractivity contribution in [2.75, 3.05) is 19.0 Å². The van der Waals surface area contributed by atoms with E-state index < -0.39 is 5.72 Å². The molecule has 0 bridgehead atoms. The standard InChI is InChI=1S/C28H30N4O2/c1-4-34-28(2)14-13-21-16-24(20-9-12-25(29)22(15-20)17-30-3)27(33)32(26(21)31-28)23-10-7-19(8-11-23)18-5-6-18/h7-18,29-31H,4-6H2,1-3H3/b22-17-,29-25?/t28-/m0/s1. The average Bonchev–Trinajstić information content (AvgIpc) is 3.66. The lowest BCUT2D eigenvalue weighted by Gasteiger charge is -2.34. The number of pyridine rings is 1. The summed E-state index contributed by atoms with van der Waals surface area (Å²) >= 11 is 0. The molecule has 3 N–H and O–H groups in total. The van der Waals surface area contributed by atoms with E-state index in [1.807, 2.05) is 56.4 Å².